The maximum Gasteiger partial charge on any atom is 0.256 e. The molecule has 1 aromatic carbocycles. The summed E-state index contributed by atoms with van der Waals surface area (Å²) >= 11 is 1.44. The van der Waals surface area contributed by atoms with Crippen molar-refractivity contribution in [3.63, 3.8) is 0 Å². The molecule has 0 spiro atoms. The fraction of sp³-hybridized carbons (Fsp3) is 0.227. The van der Waals surface area contributed by atoms with Gasteiger partial charge in [-0.25, -0.2) is 26.9 Å². The Morgan fingerprint density at radius 2 is 2.06 bits per heavy atom. The predicted octanol–water partition coefficient (Wildman–Crippen LogP) is 4.36. The van der Waals surface area contributed by atoms with E-state index in [9.17, 15) is 22.0 Å². The molecule has 1 N–H and O–H groups in total. The van der Waals surface area contributed by atoms with E-state index in [1.54, 1.807) is 17.7 Å². The molecule has 0 radical (unpaired) electrons. The summed E-state index contributed by atoms with van der Waals surface area (Å²) in [7, 11) is -3.17. The molecular formula is C22H18F2N4O3S2. The lowest BCUT2D eigenvalue weighted by Crippen LogP contribution is -2.15. The quantitative estimate of drug-likeness (QED) is 0.461. The van der Waals surface area contributed by atoms with Gasteiger partial charge < -0.3 is 5.32 Å². The van der Waals surface area contributed by atoms with E-state index in [4.69, 9.17) is 4.98 Å². The first-order valence-electron chi connectivity index (χ1n) is 10.1. The molecule has 1 aliphatic rings. The van der Waals surface area contributed by atoms with Gasteiger partial charge in [-0.1, -0.05) is 6.07 Å². The molecule has 4 heterocycles. The van der Waals surface area contributed by atoms with Crippen molar-refractivity contribution in [3.05, 3.63) is 64.7 Å². The van der Waals surface area contributed by atoms with E-state index < -0.39 is 27.4 Å². The summed E-state index contributed by atoms with van der Waals surface area (Å²) in [6.45, 7) is 1.71. The monoisotopic (exact) mass is 488 g/mol. The van der Waals surface area contributed by atoms with Gasteiger partial charge in [0.2, 0.25) is 0 Å². The molecule has 170 valence electrons. The number of thiophene rings is 1. The highest BCUT2D eigenvalue weighted by Crippen LogP contribution is 2.33. The molecule has 1 amide bonds. The molecule has 1 atom stereocenters. The number of aromatic nitrogens is 3. The Labute approximate surface area is 192 Å². The van der Waals surface area contributed by atoms with Crippen LogP contribution in [0.5, 0.6) is 0 Å². The van der Waals surface area contributed by atoms with Gasteiger partial charge in [0.25, 0.3) is 5.91 Å². The van der Waals surface area contributed by atoms with Crippen molar-refractivity contribution >= 4 is 43.8 Å². The van der Waals surface area contributed by atoms with Crippen LogP contribution in [0.1, 0.15) is 28.5 Å². The van der Waals surface area contributed by atoms with Gasteiger partial charge in [0.1, 0.15) is 11.6 Å². The van der Waals surface area contributed by atoms with Crippen molar-refractivity contribution in [1.29, 1.82) is 0 Å². The molecule has 0 aliphatic carbocycles. The first kappa shape index (κ1) is 21.7. The number of fused-ring (bicyclic) bond motifs is 1. The number of carbonyl (C=O) groups is 1. The summed E-state index contributed by atoms with van der Waals surface area (Å²) in [5.41, 5.74) is 1.48. The zero-order valence-electron chi connectivity index (χ0n) is 17.4. The fourth-order valence-corrected chi connectivity index (χ4v) is 6.42. The minimum atomic E-state index is -3.17. The first-order chi connectivity index (χ1) is 15.7. The van der Waals surface area contributed by atoms with Gasteiger partial charge in [-0.2, -0.15) is 5.10 Å². The smallest absolute Gasteiger partial charge is 0.256 e. The van der Waals surface area contributed by atoms with Crippen LogP contribution in [0.4, 0.5) is 14.5 Å². The second kappa shape index (κ2) is 7.99. The van der Waals surface area contributed by atoms with E-state index in [-0.39, 0.29) is 28.8 Å². The average molecular weight is 489 g/mol. The zero-order chi connectivity index (χ0) is 23.3. The Balaban J connectivity index is 1.66. The highest BCUT2D eigenvalue weighted by Gasteiger charge is 2.32. The Morgan fingerprint density at radius 3 is 2.73 bits per heavy atom. The number of carbonyl (C=O) groups excluding carboxylic acids is 1. The second-order valence-electron chi connectivity index (χ2n) is 7.90. The molecule has 33 heavy (non-hydrogen) atoms. The van der Waals surface area contributed by atoms with Crippen LogP contribution in [0, 0.1) is 18.6 Å². The van der Waals surface area contributed by atoms with E-state index in [1.165, 1.54) is 11.3 Å². The number of aryl methyl sites for hydroxylation is 1. The van der Waals surface area contributed by atoms with Crippen LogP contribution in [0.15, 0.2) is 41.8 Å². The molecular weight excluding hydrogens is 470 g/mol. The molecule has 0 saturated carbocycles. The summed E-state index contributed by atoms with van der Waals surface area (Å²) in [6, 6.07) is 7.83. The Kier molecular flexibility index (Phi) is 5.25. The molecule has 7 nitrogen and oxygen atoms in total. The minimum absolute atomic E-state index is 0.0452. The van der Waals surface area contributed by atoms with Gasteiger partial charge in [-0.15, -0.1) is 11.3 Å². The van der Waals surface area contributed by atoms with Gasteiger partial charge in [0.05, 0.1) is 50.4 Å². The lowest BCUT2D eigenvalue weighted by molar-refractivity contribution is 0.102. The van der Waals surface area contributed by atoms with Crippen LogP contribution >= 0.6 is 11.3 Å². The van der Waals surface area contributed by atoms with Crippen molar-refractivity contribution in [2.75, 3.05) is 16.8 Å². The lowest BCUT2D eigenvalue weighted by Gasteiger charge is -2.12. The van der Waals surface area contributed by atoms with E-state index in [0.29, 0.717) is 34.9 Å². The number of rotatable bonds is 4. The van der Waals surface area contributed by atoms with Gasteiger partial charge in [0, 0.05) is 6.07 Å². The third-order valence-corrected chi connectivity index (χ3v) is 8.23. The Bertz CT molecular complexity index is 1500. The normalized spacial score (nSPS) is 17.5. The van der Waals surface area contributed by atoms with Gasteiger partial charge in [-0.05, 0) is 43.0 Å². The molecule has 3 aromatic heterocycles. The number of pyridine rings is 1. The van der Waals surface area contributed by atoms with E-state index in [1.807, 2.05) is 17.5 Å². The molecule has 11 heteroatoms. The number of hydrogen-bond acceptors (Lipinski definition) is 6. The molecule has 0 unspecified atom stereocenters. The summed E-state index contributed by atoms with van der Waals surface area (Å²) in [5, 5.41) is 9.36. The Morgan fingerprint density at radius 1 is 1.24 bits per heavy atom. The van der Waals surface area contributed by atoms with Crippen molar-refractivity contribution in [2.45, 2.75) is 19.4 Å². The second-order valence-corrected chi connectivity index (χ2v) is 11.1. The number of benzene rings is 1. The van der Waals surface area contributed by atoms with E-state index in [2.05, 4.69) is 10.4 Å². The van der Waals surface area contributed by atoms with Crippen LogP contribution in [-0.4, -0.2) is 40.6 Å². The highest BCUT2D eigenvalue weighted by atomic mass is 32.2. The summed E-state index contributed by atoms with van der Waals surface area (Å²) in [5.74, 6) is -2.22. The maximum atomic E-state index is 14.2. The molecule has 0 bridgehead atoms. The molecule has 5 rings (SSSR count). The fourth-order valence-electron chi connectivity index (χ4n) is 4.05. The molecule has 1 saturated heterocycles. The largest absolute Gasteiger partial charge is 0.319 e. The van der Waals surface area contributed by atoms with Gasteiger partial charge >= 0.3 is 0 Å². The number of amides is 1. The SMILES string of the molecule is Cc1nn([C@@H]2CCS(=O)(=O)C2)c2nc(-c3cccs3)cc(C(=O)Nc3ccc(F)cc3F)c12. The predicted molar refractivity (Wildman–Crippen MR) is 122 cm³/mol. The maximum absolute atomic E-state index is 14.2. The number of nitrogens with zero attached hydrogens (tertiary/aromatic N) is 3. The summed E-state index contributed by atoms with van der Waals surface area (Å²) < 4.78 is 53.1. The van der Waals surface area contributed by atoms with Crippen molar-refractivity contribution < 1.29 is 22.0 Å². The van der Waals surface area contributed by atoms with E-state index >= 15 is 0 Å². The summed E-state index contributed by atoms with van der Waals surface area (Å²) in [6.07, 6.45) is 0.409. The standard InChI is InChI=1S/C22H18F2N4O3S2/c1-12-20-15(22(29)26-17-5-4-13(23)9-16(17)24)10-18(19-3-2-7-32-19)25-21(20)28(27-12)14-6-8-33(30,31)11-14/h2-5,7,9-10,14H,6,8,11H2,1H3,(H,26,29)/t14-/m1/s1. The van der Waals surface area contributed by atoms with Gasteiger partial charge in [0.15, 0.2) is 15.5 Å². The third kappa shape index (κ3) is 4.02. The van der Waals surface area contributed by atoms with Crippen LogP contribution < -0.4 is 5.32 Å². The Hall–Kier alpha value is -3.18. The molecule has 1 fully saturated rings. The average Bonchev–Trinajstić information content (AvgIpc) is 3.49. The number of anilines is 1. The van der Waals surface area contributed by atoms with Crippen LogP contribution in [0.25, 0.3) is 21.6 Å². The van der Waals surface area contributed by atoms with Crippen molar-refractivity contribution in [3.8, 4) is 10.6 Å². The number of sulfone groups is 1. The minimum Gasteiger partial charge on any atom is -0.319 e. The molecule has 1 aliphatic heterocycles. The van der Waals surface area contributed by atoms with E-state index in [0.717, 1.165) is 17.0 Å². The van der Waals surface area contributed by atoms with Crippen LogP contribution in [-0.2, 0) is 9.84 Å². The third-order valence-electron chi connectivity index (χ3n) is 5.59. The van der Waals surface area contributed by atoms with Crippen LogP contribution in [0.3, 0.4) is 0 Å². The highest BCUT2D eigenvalue weighted by molar-refractivity contribution is 7.91. The van der Waals surface area contributed by atoms with Crippen molar-refractivity contribution in [1.82, 2.24) is 14.8 Å². The lowest BCUT2D eigenvalue weighted by atomic mass is 10.1. The number of nitrogens with one attached hydrogen (secondary N) is 1. The topological polar surface area (TPSA) is 93.9 Å². The summed E-state index contributed by atoms with van der Waals surface area (Å²) in [4.78, 5) is 18.8. The van der Waals surface area contributed by atoms with Gasteiger partial charge in [-0.3, -0.25) is 4.79 Å². The number of hydrogen-bond donors (Lipinski definition) is 1. The van der Waals surface area contributed by atoms with Crippen molar-refractivity contribution in [2.24, 2.45) is 0 Å². The first-order valence-corrected chi connectivity index (χ1v) is 12.8. The number of halogens is 2. The van der Waals surface area contributed by atoms with Crippen LogP contribution in [0.2, 0.25) is 0 Å². The zero-order valence-corrected chi connectivity index (χ0v) is 19.0. The molecule has 4 aromatic rings.